The summed E-state index contributed by atoms with van der Waals surface area (Å²) in [4.78, 5) is 9.38. The molecule has 0 aliphatic carbocycles. The minimum absolute atomic E-state index is 0.467. The number of rotatable bonds is 13. The zero-order valence-electron chi connectivity index (χ0n) is 21.4. The number of nitrogens with zero attached hydrogens (tertiary/aromatic N) is 7. The molecule has 0 saturated carbocycles. The van der Waals surface area contributed by atoms with E-state index in [1.54, 1.807) is 20.4 Å². The SMILES string of the molecule is CCCCn1nc(C(CCCC)(OC)OC)nc1Cc1ccc(-c2cccnc2-c2nn[nH]n2)cc1. The first-order valence-electron chi connectivity index (χ1n) is 12.5. The molecule has 3 heterocycles. The lowest BCUT2D eigenvalue weighted by Gasteiger charge is -2.27. The Kier molecular flexibility index (Phi) is 8.50. The summed E-state index contributed by atoms with van der Waals surface area (Å²) in [7, 11) is 3.32. The second kappa shape index (κ2) is 12.0. The number of tetrazole rings is 1. The fourth-order valence-electron chi connectivity index (χ4n) is 4.21. The number of unbranched alkanes of at least 4 members (excludes halogenated alkanes) is 2. The van der Waals surface area contributed by atoms with Crippen LogP contribution in [0.1, 0.15) is 63.2 Å². The number of aromatic nitrogens is 8. The molecule has 0 fully saturated rings. The molecule has 0 spiro atoms. The second-order valence-corrected chi connectivity index (χ2v) is 8.70. The number of methoxy groups -OCH3 is 2. The van der Waals surface area contributed by atoms with Gasteiger partial charge in [0, 0.05) is 45.4 Å². The van der Waals surface area contributed by atoms with Crippen LogP contribution in [0, 0.1) is 0 Å². The van der Waals surface area contributed by atoms with Crippen molar-refractivity contribution in [3.8, 4) is 22.6 Å². The molecule has 190 valence electrons. The molecule has 3 aromatic heterocycles. The number of H-pyrrole nitrogens is 1. The van der Waals surface area contributed by atoms with E-state index in [0.29, 0.717) is 30.2 Å². The second-order valence-electron chi connectivity index (χ2n) is 8.70. The van der Waals surface area contributed by atoms with E-state index in [1.807, 2.05) is 16.8 Å². The Bertz CT molecular complexity index is 1220. The summed E-state index contributed by atoms with van der Waals surface area (Å²) >= 11 is 0. The third kappa shape index (κ3) is 5.50. The van der Waals surface area contributed by atoms with Gasteiger partial charge < -0.3 is 9.47 Å². The summed E-state index contributed by atoms with van der Waals surface area (Å²) in [6.45, 7) is 5.13. The molecule has 0 atom stereocenters. The van der Waals surface area contributed by atoms with Crippen LogP contribution in [0.4, 0.5) is 0 Å². The van der Waals surface area contributed by atoms with E-state index in [9.17, 15) is 0 Å². The lowest BCUT2D eigenvalue weighted by atomic mass is 10.0. The predicted octanol–water partition coefficient (Wildman–Crippen LogP) is 4.55. The van der Waals surface area contributed by atoms with Gasteiger partial charge in [0.25, 0.3) is 0 Å². The summed E-state index contributed by atoms with van der Waals surface area (Å²) in [6.07, 6.45) is 7.18. The van der Waals surface area contributed by atoms with E-state index in [1.165, 1.54) is 0 Å². The van der Waals surface area contributed by atoms with Crippen molar-refractivity contribution in [1.82, 2.24) is 40.4 Å². The molecule has 10 nitrogen and oxygen atoms in total. The van der Waals surface area contributed by atoms with E-state index < -0.39 is 5.79 Å². The largest absolute Gasteiger partial charge is 0.347 e. The van der Waals surface area contributed by atoms with Gasteiger partial charge in [-0.15, -0.1) is 10.2 Å². The molecule has 0 saturated heterocycles. The molecule has 0 amide bonds. The molecule has 1 N–H and O–H groups in total. The van der Waals surface area contributed by atoms with Crippen molar-refractivity contribution in [2.24, 2.45) is 0 Å². The van der Waals surface area contributed by atoms with Crippen molar-refractivity contribution in [2.75, 3.05) is 14.2 Å². The highest BCUT2D eigenvalue weighted by molar-refractivity contribution is 5.77. The number of ether oxygens (including phenoxy) is 2. The smallest absolute Gasteiger partial charge is 0.231 e. The van der Waals surface area contributed by atoms with E-state index in [4.69, 9.17) is 19.6 Å². The number of aryl methyl sites for hydroxylation is 1. The molecule has 0 aliphatic heterocycles. The molecule has 0 aliphatic rings. The van der Waals surface area contributed by atoms with E-state index >= 15 is 0 Å². The third-order valence-electron chi connectivity index (χ3n) is 6.32. The van der Waals surface area contributed by atoms with Crippen LogP contribution < -0.4 is 0 Å². The summed E-state index contributed by atoms with van der Waals surface area (Å²) in [6, 6.07) is 12.3. The Morgan fingerprint density at radius 2 is 1.78 bits per heavy atom. The minimum atomic E-state index is -0.933. The normalized spacial score (nSPS) is 11.8. The number of pyridine rings is 1. The average Bonchev–Trinajstić information content (AvgIpc) is 3.60. The standard InChI is InChI=1S/C26H34N8O2/c1-5-7-15-26(35-3,36-4)25-28-22(34(31-25)17-8-6-2)18-19-11-13-20(14-12-19)21-10-9-16-27-23(21)24-29-32-33-30-24/h9-14,16H,5-8,15,17-18H2,1-4H3,(H,29,30,32,33). The fourth-order valence-corrected chi connectivity index (χ4v) is 4.21. The number of nitrogens with one attached hydrogen (secondary N) is 1. The van der Waals surface area contributed by atoms with E-state index in [-0.39, 0.29) is 0 Å². The number of hydrogen-bond acceptors (Lipinski definition) is 8. The van der Waals surface area contributed by atoms with Crippen LogP contribution in [0.3, 0.4) is 0 Å². The zero-order chi connectivity index (χ0) is 25.4. The maximum Gasteiger partial charge on any atom is 0.231 e. The number of hydrogen-bond donors (Lipinski definition) is 1. The Balaban J connectivity index is 1.61. The Morgan fingerprint density at radius 1 is 1.00 bits per heavy atom. The van der Waals surface area contributed by atoms with Gasteiger partial charge in [0.15, 0.2) is 0 Å². The van der Waals surface area contributed by atoms with Crippen LogP contribution in [-0.2, 0) is 28.2 Å². The Labute approximate surface area is 211 Å². The summed E-state index contributed by atoms with van der Waals surface area (Å²) in [5.74, 6) is 1.02. The van der Waals surface area contributed by atoms with Gasteiger partial charge in [0.2, 0.25) is 17.4 Å². The van der Waals surface area contributed by atoms with Gasteiger partial charge in [-0.05, 0) is 35.2 Å². The van der Waals surface area contributed by atoms with E-state index in [2.05, 4.69) is 63.7 Å². The van der Waals surface area contributed by atoms with E-state index in [0.717, 1.165) is 54.7 Å². The zero-order valence-corrected chi connectivity index (χ0v) is 21.4. The Hall–Kier alpha value is -3.50. The Morgan fingerprint density at radius 3 is 2.44 bits per heavy atom. The van der Waals surface area contributed by atoms with Gasteiger partial charge in [0.1, 0.15) is 11.5 Å². The van der Waals surface area contributed by atoms with Crippen molar-refractivity contribution in [2.45, 2.75) is 64.7 Å². The topological polar surface area (TPSA) is 117 Å². The molecular formula is C26H34N8O2. The fraction of sp³-hybridized carbons (Fsp3) is 0.462. The average molecular weight is 491 g/mol. The highest BCUT2D eigenvalue weighted by Crippen LogP contribution is 2.31. The van der Waals surface area contributed by atoms with Crippen LogP contribution in [-0.4, -0.2) is 54.6 Å². The first-order valence-corrected chi connectivity index (χ1v) is 12.5. The van der Waals surface area contributed by atoms with Crippen LogP contribution in [0.2, 0.25) is 0 Å². The van der Waals surface area contributed by atoms with Gasteiger partial charge in [-0.3, -0.25) is 4.98 Å². The van der Waals surface area contributed by atoms with Crippen LogP contribution in [0.25, 0.3) is 22.6 Å². The van der Waals surface area contributed by atoms with Gasteiger partial charge in [-0.1, -0.05) is 57.0 Å². The molecule has 4 rings (SSSR count). The molecule has 4 aromatic rings. The third-order valence-corrected chi connectivity index (χ3v) is 6.32. The molecule has 10 heteroatoms. The lowest BCUT2D eigenvalue weighted by Crippen LogP contribution is -2.32. The number of benzene rings is 1. The monoisotopic (exact) mass is 490 g/mol. The maximum atomic E-state index is 5.82. The van der Waals surface area contributed by atoms with Crippen LogP contribution in [0.15, 0.2) is 42.6 Å². The van der Waals surface area contributed by atoms with Gasteiger partial charge >= 0.3 is 0 Å². The molecule has 0 radical (unpaired) electrons. The highest BCUT2D eigenvalue weighted by Gasteiger charge is 2.37. The van der Waals surface area contributed by atoms with Crippen molar-refractivity contribution >= 4 is 0 Å². The van der Waals surface area contributed by atoms with Gasteiger partial charge in [0.05, 0.1) is 0 Å². The molecule has 36 heavy (non-hydrogen) atoms. The van der Waals surface area contributed by atoms with Gasteiger partial charge in [-0.25, -0.2) is 9.67 Å². The van der Waals surface area contributed by atoms with Gasteiger partial charge in [-0.2, -0.15) is 10.3 Å². The summed E-state index contributed by atoms with van der Waals surface area (Å²) < 4.78 is 13.6. The molecule has 0 bridgehead atoms. The predicted molar refractivity (Wildman–Crippen MR) is 136 cm³/mol. The lowest BCUT2D eigenvalue weighted by molar-refractivity contribution is -0.226. The molecular weight excluding hydrogens is 456 g/mol. The molecule has 1 aromatic carbocycles. The van der Waals surface area contributed by atoms with Crippen LogP contribution >= 0.6 is 0 Å². The van der Waals surface area contributed by atoms with Crippen LogP contribution in [0.5, 0.6) is 0 Å². The van der Waals surface area contributed by atoms with Crippen molar-refractivity contribution < 1.29 is 9.47 Å². The summed E-state index contributed by atoms with van der Waals surface area (Å²) in [5, 5.41) is 19.2. The minimum Gasteiger partial charge on any atom is -0.347 e. The highest BCUT2D eigenvalue weighted by atomic mass is 16.7. The quantitative estimate of drug-likeness (QED) is 0.271. The summed E-state index contributed by atoms with van der Waals surface area (Å²) in [5.41, 5.74) is 3.79. The molecule has 0 unspecified atom stereocenters. The first-order chi connectivity index (χ1) is 17.6. The first kappa shape index (κ1) is 25.6. The maximum absolute atomic E-state index is 5.82. The number of aromatic amines is 1. The van der Waals surface area contributed by atoms with Crippen molar-refractivity contribution in [1.29, 1.82) is 0 Å². The van der Waals surface area contributed by atoms with Crippen molar-refractivity contribution in [3.63, 3.8) is 0 Å². The van der Waals surface area contributed by atoms with Crippen molar-refractivity contribution in [3.05, 3.63) is 59.8 Å².